The van der Waals surface area contributed by atoms with Crippen LogP contribution in [0, 0.1) is 12.3 Å². The molecule has 4 aromatic rings. The van der Waals surface area contributed by atoms with Gasteiger partial charge < -0.3 is 15.4 Å². The van der Waals surface area contributed by atoms with Crippen LogP contribution in [-0.2, 0) is 12.8 Å². The van der Waals surface area contributed by atoms with Crippen molar-refractivity contribution in [2.75, 3.05) is 24.6 Å². The van der Waals surface area contributed by atoms with Gasteiger partial charge in [-0.3, -0.25) is 4.98 Å². The van der Waals surface area contributed by atoms with Crippen LogP contribution in [0.3, 0.4) is 0 Å². The highest BCUT2D eigenvalue weighted by atomic mass is 16.5. The Balaban J connectivity index is 1.21. The van der Waals surface area contributed by atoms with Gasteiger partial charge in [0.15, 0.2) is 5.82 Å². The molecule has 2 N–H and O–H groups in total. The second-order valence-electron chi connectivity index (χ2n) is 10.3. The largest absolute Gasteiger partial charge is 0.493 e. The minimum atomic E-state index is 0.0633. The van der Waals surface area contributed by atoms with Crippen LogP contribution < -0.4 is 15.4 Å². The van der Waals surface area contributed by atoms with E-state index in [0.29, 0.717) is 0 Å². The molecule has 1 saturated heterocycles. The van der Waals surface area contributed by atoms with Gasteiger partial charge in [-0.15, -0.1) is 0 Å². The van der Waals surface area contributed by atoms with E-state index in [2.05, 4.69) is 51.7 Å². The molecule has 1 atom stereocenters. The molecule has 1 fully saturated rings. The molecule has 5 heterocycles. The number of benzene rings is 1. The Morgan fingerprint density at radius 2 is 2.00 bits per heavy atom. The van der Waals surface area contributed by atoms with Gasteiger partial charge in [-0.2, -0.15) is 5.10 Å². The molecule has 178 valence electrons. The van der Waals surface area contributed by atoms with E-state index in [9.17, 15) is 0 Å². The van der Waals surface area contributed by atoms with Crippen molar-refractivity contribution in [1.82, 2.24) is 19.6 Å². The third kappa shape index (κ3) is 3.18. The van der Waals surface area contributed by atoms with E-state index in [4.69, 9.17) is 20.6 Å². The number of piperidine rings is 1. The average Bonchev–Trinajstić information content (AvgIpc) is 3.47. The normalized spacial score (nSPS) is 20.6. The minimum Gasteiger partial charge on any atom is -0.493 e. The Morgan fingerprint density at radius 1 is 1.11 bits per heavy atom. The molecule has 2 aliphatic heterocycles. The lowest BCUT2D eigenvalue weighted by Crippen LogP contribution is -2.44. The number of rotatable bonds is 2. The maximum atomic E-state index is 6.77. The summed E-state index contributed by atoms with van der Waals surface area (Å²) in [5, 5.41) is 4.72. The maximum Gasteiger partial charge on any atom is 0.155 e. The fourth-order valence-electron chi connectivity index (χ4n) is 6.45. The van der Waals surface area contributed by atoms with Crippen molar-refractivity contribution in [3.05, 3.63) is 71.3 Å². The zero-order chi connectivity index (χ0) is 23.6. The first-order valence-electron chi connectivity index (χ1n) is 12.7. The predicted molar refractivity (Wildman–Crippen MR) is 136 cm³/mol. The van der Waals surface area contributed by atoms with Gasteiger partial charge in [0.1, 0.15) is 11.3 Å². The van der Waals surface area contributed by atoms with Gasteiger partial charge in [-0.1, -0.05) is 6.07 Å². The molecule has 7 heteroatoms. The molecular weight excluding hydrogens is 436 g/mol. The summed E-state index contributed by atoms with van der Waals surface area (Å²) in [4.78, 5) is 12.2. The van der Waals surface area contributed by atoms with E-state index in [1.54, 1.807) is 0 Å². The summed E-state index contributed by atoms with van der Waals surface area (Å²) >= 11 is 0. The number of aromatic nitrogens is 4. The van der Waals surface area contributed by atoms with Crippen LogP contribution >= 0.6 is 0 Å². The zero-order valence-electron chi connectivity index (χ0n) is 20.1. The van der Waals surface area contributed by atoms with Gasteiger partial charge in [0.05, 0.1) is 24.2 Å². The van der Waals surface area contributed by atoms with Crippen molar-refractivity contribution in [3.63, 3.8) is 0 Å². The highest BCUT2D eigenvalue weighted by molar-refractivity contribution is 5.76. The SMILES string of the molecule is Cc1nc(N2CCC3(CC2)Cc2ncccc2[C@H]3N)c2ccnn2c1-c1ccc2c(c1)CCCO2. The molecule has 0 bridgehead atoms. The highest BCUT2D eigenvalue weighted by Gasteiger charge is 2.46. The Hall–Kier alpha value is -3.45. The van der Waals surface area contributed by atoms with Gasteiger partial charge in [0.2, 0.25) is 0 Å². The van der Waals surface area contributed by atoms with E-state index in [0.717, 1.165) is 85.8 Å². The van der Waals surface area contributed by atoms with E-state index in [1.807, 2.05) is 18.5 Å². The van der Waals surface area contributed by atoms with Crippen molar-refractivity contribution in [1.29, 1.82) is 0 Å². The quantitative estimate of drug-likeness (QED) is 0.475. The number of anilines is 1. The zero-order valence-corrected chi connectivity index (χ0v) is 20.1. The van der Waals surface area contributed by atoms with Gasteiger partial charge >= 0.3 is 0 Å². The molecule has 0 amide bonds. The summed E-state index contributed by atoms with van der Waals surface area (Å²) < 4.78 is 7.89. The Morgan fingerprint density at radius 3 is 2.86 bits per heavy atom. The fourth-order valence-corrected chi connectivity index (χ4v) is 6.45. The van der Waals surface area contributed by atoms with Crippen LogP contribution in [0.4, 0.5) is 5.82 Å². The summed E-state index contributed by atoms with van der Waals surface area (Å²) in [5.74, 6) is 2.02. The van der Waals surface area contributed by atoms with Crippen molar-refractivity contribution in [3.8, 4) is 17.0 Å². The summed E-state index contributed by atoms with van der Waals surface area (Å²) in [7, 11) is 0. The number of pyridine rings is 1. The van der Waals surface area contributed by atoms with Crippen molar-refractivity contribution < 1.29 is 4.74 Å². The molecule has 1 spiro atoms. The number of nitrogens with two attached hydrogens (primary N) is 1. The van der Waals surface area contributed by atoms with Crippen molar-refractivity contribution in [2.24, 2.45) is 11.1 Å². The Kier molecular flexibility index (Phi) is 4.64. The molecule has 3 aliphatic rings. The van der Waals surface area contributed by atoms with E-state index < -0.39 is 0 Å². The standard InChI is InChI=1S/C28H30N6O/c1-18-25(20-6-7-24-19(16-20)4-3-15-35-24)34-23(8-12-31-34)27(32-18)33-13-9-28(10-14-33)17-22-21(26(28)29)5-2-11-30-22/h2,5-8,11-12,16,26H,3-4,9-10,13-15,17,29H2,1H3/t26-/m1/s1. The average molecular weight is 467 g/mol. The third-order valence-corrected chi connectivity index (χ3v) is 8.38. The van der Waals surface area contributed by atoms with Gasteiger partial charge in [0.25, 0.3) is 0 Å². The molecule has 0 unspecified atom stereocenters. The van der Waals surface area contributed by atoms with Gasteiger partial charge in [-0.05, 0) is 85.9 Å². The topological polar surface area (TPSA) is 81.6 Å². The van der Waals surface area contributed by atoms with Gasteiger partial charge in [0, 0.05) is 36.6 Å². The molecule has 3 aromatic heterocycles. The monoisotopic (exact) mass is 466 g/mol. The van der Waals surface area contributed by atoms with Crippen LogP contribution in [0.15, 0.2) is 48.8 Å². The van der Waals surface area contributed by atoms with Crippen molar-refractivity contribution >= 4 is 11.3 Å². The molecule has 35 heavy (non-hydrogen) atoms. The molecule has 0 saturated carbocycles. The van der Waals surface area contributed by atoms with E-state index in [-0.39, 0.29) is 11.5 Å². The summed E-state index contributed by atoms with van der Waals surface area (Å²) in [6.07, 6.45) is 8.94. The minimum absolute atomic E-state index is 0.0633. The molecule has 1 aliphatic carbocycles. The number of ether oxygens (including phenoxy) is 1. The van der Waals surface area contributed by atoms with Crippen LogP contribution in [0.2, 0.25) is 0 Å². The van der Waals surface area contributed by atoms with Gasteiger partial charge in [-0.25, -0.2) is 9.50 Å². The maximum absolute atomic E-state index is 6.77. The first kappa shape index (κ1) is 20.9. The lowest BCUT2D eigenvalue weighted by Gasteiger charge is -2.42. The van der Waals surface area contributed by atoms with Crippen LogP contribution in [0.1, 0.15) is 47.8 Å². The van der Waals surface area contributed by atoms with E-state index >= 15 is 0 Å². The Labute approximate surface area is 205 Å². The number of nitrogens with zero attached hydrogens (tertiary/aromatic N) is 5. The van der Waals surface area contributed by atoms with E-state index in [1.165, 1.54) is 16.8 Å². The van der Waals surface area contributed by atoms with Crippen molar-refractivity contribution in [2.45, 2.75) is 45.1 Å². The molecular formula is C28H30N6O. The van der Waals surface area contributed by atoms with Crippen LogP contribution in [-0.4, -0.2) is 39.3 Å². The third-order valence-electron chi connectivity index (χ3n) is 8.38. The number of hydrogen-bond acceptors (Lipinski definition) is 6. The smallest absolute Gasteiger partial charge is 0.155 e. The first-order valence-corrected chi connectivity index (χ1v) is 12.7. The van der Waals surface area contributed by atoms with Crippen LogP contribution in [0.5, 0.6) is 5.75 Å². The number of aryl methyl sites for hydroxylation is 2. The summed E-state index contributed by atoms with van der Waals surface area (Å²) in [6, 6.07) is 12.8. The second kappa shape index (κ2) is 7.78. The molecule has 0 radical (unpaired) electrons. The van der Waals surface area contributed by atoms with Crippen LogP contribution in [0.25, 0.3) is 16.8 Å². The second-order valence-corrected chi connectivity index (χ2v) is 10.3. The lowest BCUT2D eigenvalue weighted by atomic mass is 9.73. The molecule has 1 aromatic carbocycles. The molecule has 7 rings (SSSR count). The summed E-state index contributed by atoms with van der Waals surface area (Å²) in [5.41, 5.74) is 14.8. The predicted octanol–water partition coefficient (Wildman–Crippen LogP) is 4.27. The fraction of sp³-hybridized carbons (Fsp3) is 0.393. The number of hydrogen-bond donors (Lipinski definition) is 1. The number of fused-ring (bicyclic) bond motifs is 3. The first-order chi connectivity index (χ1) is 17.1. The summed E-state index contributed by atoms with van der Waals surface area (Å²) in [6.45, 7) is 4.77. The Bertz CT molecular complexity index is 1430. The molecule has 7 nitrogen and oxygen atoms in total. The lowest BCUT2D eigenvalue weighted by molar-refractivity contribution is 0.187. The highest BCUT2D eigenvalue weighted by Crippen LogP contribution is 2.50.